The third kappa shape index (κ3) is 4.09. The summed E-state index contributed by atoms with van der Waals surface area (Å²) in [6.07, 6.45) is 3.21. The number of hydrogen-bond acceptors (Lipinski definition) is 5. The van der Waals surface area contributed by atoms with Gasteiger partial charge in [0.05, 0.1) is 18.2 Å². The highest BCUT2D eigenvalue weighted by molar-refractivity contribution is 6.46. The fraction of sp³-hybridized carbons (Fsp3) is 0.160. The minimum atomic E-state index is -0.839. The molecule has 0 spiro atoms. The Kier molecular flexibility index (Phi) is 5.98. The lowest BCUT2D eigenvalue weighted by Crippen LogP contribution is -2.29. The molecule has 6 nitrogen and oxygen atoms in total. The van der Waals surface area contributed by atoms with Crippen LogP contribution in [0.25, 0.3) is 5.76 Å². The van der Waals surface area contributed by atoms with Gasteiger partial charge >= 0.3 is 0 Å². The third-order valence-electron chi connectivity index (χ3n) is 5.24. The maximum atomic E-state index is 13.4. The van der Waals surface area contributed by atoms with Gasteiger partial charge in [-0.05, 0) is 66.6 Å². The predicted molar refractivity (Wildman–Crippen MR) is 116 cm³/mol. The van der Waals surface area contributed by atoms with Crippen molar-refractivity contribution in [3.05, 3.63) is 101 Å². The van der Waals surface area contributed by atoms with Crippen LogP contribution in [0.4, 0.5) is 4.39 Å². The van der Waals surface area contributed by atoms with Crippen LogP contribution in [0.5, 0.6) is 5.75 Å². The highest BCUT2D eigenvalue weighted by Crippen LogP contribution is 2.41. The summed E-state index contributed by atoms with van der Waals surface area (Å²) in [4.78, 5) is 31.5. The number of aliphatic hydroxyl groups excluding tert-OH is 1. The Bertz CT molecular complexity index is 1180. The first-order valence-electron chi connectivity index (χ1n) is 10.2. The van der Waals surface area contributed by atoms with Gasteiger partial charge in [0.25, 0.3) is 11.7 Å². The summed E-state index contributed by atoms with van der Waals surface area (Å²) in [7, 11) is 0. The SMILES string of the molecule is CCOc1cccc(C2/C(=C(\O)c3ccc(F)cc3)C(=O)C(=O)N2Cc2ccncc2)c1. The van der Waals surface area contributed by atoms with Crippen LogP contribution in [0, 0.1) is 5.82 Å². The van der Waals surface area contributed by atoms with E-state index >= 15 is 0 Å². The number of ether oxygens (including phenoxy) is 1. The van der Waals surface area contributed by atoms with Crippen molar-refractivity contribution < 1.29 is 23.8 Å². The first-order chi connectivity index (χ1) is 15.5. The van der Waals surface area contributed by atoms with Crippen molar-refractivity contribution >= 4 is 17.4 Å². The van der Waals surface area contributed by atoms with Crippen molar-refractivity contribution in [2.75, 3.05) is 6.61 Å². The molecule has 2 aromatic carbocycles. The first-order valence-corrected chi connectivity index (χ1v) is 10.2. The molecule has 32 heavy (non-hydrogen) atoms. The van der Waals surface area contributed by atoms with Crippen LogP contribution in [-0.4, -0.2) is 33.3 Å². The number of ketones is 1. The Hall–Kier alpha value is -4.00. The molecule has 162 valence electrons. The van der Waals surface area contributed by atoms with Gasteiger partial charge in [-0.25, -0.2) is 4.39 Å². The number of halogens is 1. The number of aliphatic hydroxyl groups is 1. The largest absolute Gasteiger partial charge is 0.507 e. The van der Waals surface area contributed by atoms with Crippen molar-refractivity contribution in [2.45, 2.75) is 19.5 Å². The lowest BCUT2D eigenvalue weighted by Gasteiger charge is -2.25. The number of amides is 1. The molecule has 1 fully saturated rings. The molecule has 3 aromatic rings. The van der Waals surface area contributed by atoms with E-state index < -0.39 is 23.5 Å². The van der Waals surface area contributed by atoms with Crippen LogP contribution in [0.3, 0.4) is 0 Å². The second-order valence-electron chi connectivity index (χ2n) is 7.29. The Morgan fingerprint density at radius 2 is 1.81 bits per heavy atom. The van der Waals surface area contributed by atoms with E-state index in [0.717, 1.165) is 5.56 Å². The average molecular weight is 432 g/mol. The molecule has 7 heteroatoms. The van der Waals surface area contributed by atoms with Gasteiger partial charge in [0.1, 0.15) is 17.3 Å². The Morgan fingerprint density at radius 1 is 1.09 bits per heavy atom. The summed E-state index contributed by atoms with van der Waals surface area (Å²) in [6.45, 7) is 2.46. The number of carbonyl (C=O) groups is 2. The molecular formula is C25H21FN2O4. The lowest BCUT2D eigenvalue weighted by atomic mass is 9.95. The van der Waals surface area contributed by atoms with Gasteiger partial charge in [0.15, 0.2) is 0 Å². The van der Waals surface area contributed by atoms with Crippen molar-refractivity contribution in [3.63, 3.8) is 0 Å². The third-order valence-corrected chi connectivity index (χ3v) is 5.24. The van der Waals surface area contributed by atoms with E-state index in [-0.39, 0.29) is 23.4 Å². The fourth-order valence-electron chi connectivity index (χ4n) is 3.78. The Balaban J connectivity index is 1.86. The number of benzene rings is 2. The lowest BCUT2D eigenvalue weighted by molar-refractivity contribution is -0.140. The number of likely N-dealkylation sites (tertiary alicyclic amines) is 1. The van der Waals surface area contributed by atoms with E-state index in [2.05, 4.69) is 4.98 Å². The van der Waals surface area contributed by atoms with Gasteiger partial charge in [-0.3, -0.25) is 14.6 Å². The average Bonchev–Trinajstić information content (AvgIpc) is 3.05. The molecule has 0 radical (unpaired) electrons. The van der Waals surface area contributed by atoms with E-state index in [9.17, 15) is 19.1 Å². The number of Topliss-reactive ketones (excluding diaryl/α,β-unsaturated/α-hetero) is 1. The van der Waals surface area contributed by atoms with Crippen molar-refractivity contribution in [1.82, 2.24) is 9.88 Å². The van der Waals surface area contributed by atoms with Crippen molar-refractivity contribution in [3.8, 4) is 5.75 Å². The standard InChI is InChI=1S/C25H21FN2O4/c1-2-32-20-5-3-4-18(14-20)22-21(23(29)17-6-8-19(26)9-7-17)24(30)25(31)28(22)15-16-10-12-27-13-11-16/h3-14,22,29H,2,15H2,1H3/b23-21+. The molecule has 1 aromatic heterocycles. The van der Waals surface area contributed by atoms with Crippen LogP contribution < -0.4 is 4.74 Å². The zero-order chi connectivity index (χ0) is 22.7. The number of aromatic nitrogens is 1. The molecule has 1 unspecified atom stereocenters. The maximum Gasteiger partial charge on any atom is 0.295 e. The summed E-state index contributed by atoms with van der Waals surface area (Å²) in [5.41, 5.74) is 1.60. The monoisotopic (exact) mass is 432 g/mol. The van der Waals surface area contributed by atoms with Gasteiger partial charge in [0, 0.05) is 24.5 Å². The first kappa shape index (κ1) is 21.2. The van der Waals surface area contributed by atoms with E-state index in [0.29, 0.717) is 17.9 Å². The second kappa shape index (κ2) is 9.01. The summed E-state index contributed by atoms with van der Waals surface area (Å²) < 4.78 is 19.0. The molecule has 0 saturated carbocycles. The quantitative estimate of drug-likeness (QED) is 0.358. The van der Waals surface area contributed by atoms with Crippen molar-refractivity contribution in [1.29, 1.82) is 0 Å². The van der Waals surface area contributed by atoms with Gasteiger partial charge in [-0.2, -0.15) is 0 Å². The van der Waals surface area contributed by atoms with E-state index in [4.69, 9.17) is 4.74 Å². The minimum absolute atomic E-state index is 0.0516. The zero-order valence-corrected chi connectivity index (χ0v) is 17.4. The normalized spacial score (nSPS) is 17.6. The smallest absolute Gasteiger partial charge is 0.295 e. The summed E-state index contributed by atoms with van der Waals surface area (Å²) >= 11 is 0. The number of rotatable bonds is 6. The summed E-state index contributed by atoms with van der Waals surface area (Å²) in [6, 6.07) is 14.9. The zero-order valence-electron chi connectivity index (χ0n) is 17.4. The van der Waals surface area contributed by atoms with Gasteiger partial charge in [-0.15, -0.1) is 0 Å². The van der Waals surface area contributed by atoms with Crippen LogP contribution in [0.15, 0.2) is 78.6 Å². The Labute approximate surface area is 184 Å². The van der Waals surface area contributed by atoms with E-state index in [1.165, 1.54) is 29.2 Å². The molecule has 1 saturated heterocycles. The minimum Gasteiger partial charge on any atom is -0.507 e. The van der Waals surface area contributed by atoms with Crippen LogP contribution in [0.1, 0.15) is 29.7 Å². The second-order valence-corrected chi connectivity index (χ2v) is 7.29. The molecule has 1 atom stereocenters. The van der Waals surface area contributed by atoms with Crippen LogP contribution in [-0.2, 0) is 16.1 Å². The molecular weight excluding hydrogens is 411 g/mol. The molecule has 1 N–H and O–H groups in total. The molecule has 0 bridgehead atoms. The Morgan fingerprint density at radius 3 is 2.50 bits per heavy atom. The summed E-state index contributed by atoms with van der Waals surface area (Å²) in [5, 5.41) is 11.0. The number of hydrogen-bond donors (Lipinski definition) is 1. The number of carbonyl (C=O) groups excluding carboxylic acids is 2. The summed E-state index contributed by atoms with van der Waals surface area (Å²) in [5.74, 6) is -1.76. The van der Waals surface area contributed by atoms with E-state index in [1.54, 1.807) is 48.8 Å². The topological polar surface area (TPSA) is 79.7 Å². The van der Waals surface area contributed by atoms with Gasteiger partial charge < -0.3 is 14.7 Å². The molecule has 1 aliphatic rings. The molecule has 2 heterocycles. The molecule has 0 aliphatic carbocycles. The number of pyridine rings is 1. The molecule has 1 aliphatic heterocycles. The number of nitrogens with zero attached hydrogens (tertiary/aromatic N) is 2. The van der Waals surface area contributed by atoms with Crippen molar-refractivity contribution in [2.24, 2.45) is 0 Å². The maximum absolute atomic E-state index is 13.4. The molecule has 1 amide bonds. The van der Waals surface area contributed by atoms with Crippen LogP contribution in [0.2, 0.25) is 0 Å². The predicted octanol–water partition coefficient (Wildman–Crippen LogP) is 4.24. The van der Waals surface area contributed by atoms with Gasteiger partial charge in [-0.1, -0.05) is 12.1 Å². The highest BCUT2D eigenvalue weighted by Gasteiger charge is 2.46. The highest BCUT2D eigenvalue weighted by atomic mass is 19.1. The molecule has 4 rings (SSSR count). The fourth-order valence-corrected chi connectivity index (χ4v) is 3.78. The van der Waals surface area contributed by atoms with E-state index in [1.807, 2.05) is 6.92 Å². The van der Waals surface area contributed by atoms with Gasteiger partial charge in [0.2, 0.25) is 0 Å². The van der Waals surface area contributed by atoms with Crippen LogP contribution >= 0.6 is 0 Å².